The molecular weight excluding hydrogens is 438 g/mol. The molecule has 0 aliphatic heterocycles. The number of thiol groups is 1. The number of para-hydroxylation sites is 1. The van der Waals surface area contributed by atoms with E-state index >= 15 is 0 Å². The number of fused-ring (bicyclic) bond motifs is 1. The van der Waals surface area contributed by atoms with Crippen molar-refractivity contribution in [3.63, 3.8) is 0 Å². The van der Waals surface area contributed by atoms with E-state index in [2.05, 4.69) is 22.9 Å². The molecule has 0 saturated heterocycles. The van der Waals surface area contributed by atoms with Crippen LogP contribution in [-0.4, -0.2) is 27.2 Å². The SMILES string of the molecule is O.O=C(CS)NCc1ccc2cccc(O)c2n1.[Re]. The minimum Gasteiger partial charge on any atom is -0.506 e. The molecule has 103 valence electrons. The molecule has 1 heterocycles. The van der Waals surface area contributed by atoms with Crippen LogP contribution >= 0.6 is 12.6 Å². The van der Waals surface area contributed by atoms with E-state index in [1.165, 1.54) is 0 Å². The Morgan fingerprint density at radius 1 is 1.32 bits per heavy atom. The maximum absolute atomic E-state index is 11.1. The summed E-state index contributed by atoms with van der Waals surface area (Å²) in [6, 6.07) is 8.91. The molecule has 1 amide bonds. The van der Waals surface area contributed by atoms with Crippen molar-refractivity contribution < 1.29 is 35.8 Å². The number of hydrogen-bond donors (Lipinski definition) is 3. The van der Waals surface area contributed by atoms with E-state index in [4.69, 9.17) is 0 Å². The second kappa shape index (κ2) is 8.13. The van der Waals surface area contributed by atoms with Gasteiger partial charge in [-0.1, -0.05) is 18.2 Å². The van der Waals surface area contributed by atoms with Crippen molar-refractivity contribution in [1.29, 1.82) is 0 Å². The second-order valence-corrected chi connectivity index (χ2v) is 3.90. The van der Waals surface area contributed by atoms with E-state index in [1.807, 2.05) is 18.2 Å². The molecule has 0 unspecified atom stereocenters. The molecule has 0 fully saturated rings. The summed E-state index contributed by atoms with van der Waals surface area (Å²) < 4.78 is 0. The van der Waals surface area contributed by atoms with Crippen LogP contribution in [0.25, 0.3) is 10.9 Å². The molecule has 5 nitrogen and oxygen atoms in total. The standard InChI is InChI=1S/C12H12N2O2S.H2O.Re/c15-10-3-1-2-8-4-5-9(14-12(8)10)6-13-11(16)7-17;;/h1-5,15,17H,6-7H2,(H,13,16);1H2;. The number of rotatable bonds is 3. The molecule has 0 bridgehead atoms. The largest absolute Gasteiger partial charge is 0.506 e. The van der Waals surface area contributed by atoms with E-state index in [-0.39, 0.29) is 43.3 Å². The van der Waals surface area contributed by atoms with Crippen LogP contribution in [-0.2, 0) is 31.8 Å². The van der Waals surface area contributed by atoms with Gasteiger partial charge in [0.25, 0.3) is 0 Å². The van der Waals surface area contributed by atoms with Crippen molar-refractivity contribution in [1.82, 2.24) is 10.3 Å². The quantitative estimate of drug-likeness (QED) is 0.598. The Bertz CT molecular complexity index is 566. The van der Waals surface area contributed by atoms with E-state index in [9.17, 15) is 9.90 Å². The number of nitrogens with zero attached hydrogens (tertiary/aromatic N) is 1. The van der Waals surface area contributed by atoms with Gasteiger partial charge in [-0.3, -0.25) is 4.79 Å². The van der Waals surface area contributed by atoms with E-state index in [0.29, 0.717) is 17.8 Å². The van der Waals surface area contributed by atoms with Crippen molar-refractivity contribution in [2.24, 2.45) is 0 Å². The van der Waals surface area contributed by atoms with Crippen molar-refractivity contribution >= 4 is 29.4 Å². The van der Waals surface area contributed by atoms with Crippen molar-refractivity contribution in [3.8, 4) is 5.75 Å². The van der Waals surface area contributed by atoms with Crippen LogP contribution in [0.2, 0.25) is 0 Å². The maximum atomic E-state index is 11.1. The number of nitrogens with one attached hydrogen (secondary N) is 1. The molecule has 2 rings (SSSR count). The minimum absolute atomic E-state index is 0. The molecule has 0 atom stereocenters. The van der Waals surface area contributed by atoms with E-state index < -0.39 is 0 Å². The topological polar surface area (TPSA) is 93.7 Å². The van der Waals surface area contributed by atoms with Crippen molar-refractivity contribution in [2.45, 2.75) is 6.54 Å². The molecule has 0 spiro atoms. The first-order valence-corrected chi connectivity index (χ1v) is 5.79. The molecule has 0 aliphatic rings. The Labute approximate surface area is 129 Å². The molecule has 0 saturated carbocycles. The van der Waals surface area contributed by atoms with Gasteiger partial charge in [0.05, 0.1) is 18.0 Å². The third-order valence-corrected chi connectivity index (χ3v) is 2.65. The number of phenolic OH excluding ortho intramolecular Hbond substituents is 1. The third-order valence-electron chi connectivity index (χ3n) is 2.37. The van der Waals surface area contributed by atoms with Crippen molar-refractivity contribution in [2.75, 3.05) is 5.75 Å². The summed E-state index contributed by atoms with van der Waals surface area (Å²) in [4.78, 5) is 15.3. The first kappa shape index (κ1) is 17.9. The van der Waals surface area contributed by atoms with Gasteiger partial charge >= 0.3 is 0 Å². The Kier molecular flexibility index (Phi) is 7.64. The normalized spacial score (nSPS) is 9.32. The monoisotopic (exact) mass is 453 g/mol. The van der Waals surface area contributed by atoms with Gasteiger partial charge in [0, 0.05) is 25.8 Å². The fraction of sp³-hybridized carbons (Fsp3) is 0.167. The van der Waals surface area contributed by atoms with Crippen LogP contribution in [0, 0.1) is 0 Å². The van der Waals surface area contributed by atoms with Gasteiger partial charge in [0.1, 0.15) is 11.3 Å². The zero-order valence-corrected chi connectivity index (χ0v) is 13.5. The van der Waals surface area contributed by atoms with Gasteiger partial charge < -0.3 is 15.9 Å². The average molecular weight is 453 g/mol. The van der Waals surface area contributed by atoms with Crippen LogP contribution in [0.1, 0.15) is 5.69 Å². The Morgan fingerprint density at radius 2 is 2.05 bits per heavy atom. The number of aromatic nitrogens is 1. The summed E-state index contributed by atoms with van der Waals surface area (Å²) in [5.41, 5.74) is 1.25. The average Bonchev–Trinajstić information content (AvgIpc) is 2.36. The molecule has 1 aromatic heterocycles. The van der Waals surface area contributed by atoms with Crippen molar-refractivity contribution in [3.05, 3.63) is 36.0 Å². The van der Waals surface area contributed by atoms with Gasteiger partial charge in [-0.25, -0.2) is 4.98 Å². The third kappa shape index (κ3) is 4.48. The summed E-state index contributed by atoms with van der Waals surface area (Å²) in [6.45, 7) is 0.337. The zero-order chi connectivity index (χ0) is 12.3. The molecule has 19 heavy (non-hydrogen) atoms. The number of amides is 1. The molecule has 7 heteroatoms. The Balaban J connectivity index is 0.00000162. The van der Waals surface area contributed by atoms with E-state index in [1.54, 1.807) is 12.1 Å². The summed E-state index contributed by atoms with van der Waals surface area (Å²) in [6.07, 6.45) is 0. The summed E-state index contributed by atoms with van der Waals surface area (Å²) in [5.74, 6) is 0.149. The fourth-order valence-electron chi connectivity index (χ4n) is 1.52. The number of hydrogen-bond acceptors (Lipinski definition) is 4. The van der Waals surface area contributed by atoms with E-state index in [0.717, 1.165) is 5.39 Å². The van der Waals surface area contributed by atoms with Crippen LogP contribution in [0.4, 0.5) is 0 Å². The summed E-state index contributed by atoms with van der Waals surface area (Å²) >= 11 is 3.86. The molecule has 0 aliphatic carbocycles. The first-order chi connectivity index (χ1) is 8.20. The second-order valence-electron chi connectivity index (χ2n) is 3.59. The summed E-state index contributed by atoms with van der Waals surface area (Å²) in [5, 5.41) is 13.2. The van der Waals surface area contributed by atoms with Gasteiger partial charge in [-0.2, -0.15) is 12.6 Å². The molecule has 4 N–H and O–H groups in total. The van der Waals surface area contributed by atoms with Gasteiger partial charge in [0.15, 0.2) is 0 Å². The predicted molar refractivity (Wildman–Crippen MR) is 72.7 cm³/mol. The zero-order valence-electron chi connectivity index (χ0n) is 9.93. The van der Waals surface area contributed by atoms with Crippen LogP contribution in [0.15, 0.2) is 30.3 Å². The van der Waals surface area contributed by atoms with Crippen LogP contribution in [0.5, 0.6) is 5.75 Å². The Morgan fingerprint density at radius 3 is 2.74 bits per heavy atom. The number of pyridine rings is 1. The molecule has 2 aromatic rings. The van der Waals surface area contributed by atoms with Gasteiger partial charge in [0.2, 0.25) is 5.91 Å². The number of benzene rings is 1. The molecule has 1 aromatic carbocycles. The number of carbonyl (C=O) groups is 1. The summed E-state index contributed by atoms with van der Waals surface area (Å²) in [7, 11) is 0. The minimum atomic E-state index is -0.146. The first-order valence-electron chi connectivity index (χ1n) is 5.16. The van der Waals surface area contributed by atoms with Gasteiger partial charge in [-0.15, -0.1) is 0 Å². The predicted octanol–water partition coefficient (Wildman–Crippen LogP) is 0.659. The fourth-order valence-corrected chi connectivity index (χ4v) is 1.63. The maximum Gasteiger partial charge on any atom is 0.230 e. The number of phenols is 1. The molecular formula is C12H14N2O3ReS. The number of carbonyl (C=O) groups excluding carboxylic acids is 1. The molecule has 1 radical (unpaired) electrons. The smallest absolute Gasteiger partial charge is 0.230 e. The van der Waals surface area contributed by atoms with Gasteiger partial charge in [-0.05, 0) is 12.1 Å². The number of aromatic hydroxyl groups is 1. The van der Waals surface area contributed by atoms with Crippen LogP contribution in [0.3, 0.4) is 0 Å². The Hall–Kier alpha value is -1.13. The van der Waals surface area contributed by atoms with Crippen LogP contribution < -0.4 is 5.32 Å².